The molecule has 0 N–H and O–H groups in total. The van der Waals surface area contributed by atoms with Gasteiger partial charge in [-0.15, -0.1) is 0 Å². The van der Waals surface area contributed by atoms with Crippen LogP contribution in [0.2, 0.25) is 0 Å². The lowest BCUT2D eigenvalue weighted by atomic mass is 9.97. The van der Waals surface area contributed by atoms with Gasteiger partial charge in [-0.3, -0.25) is 9.59 Å². The van der Waals surface area contributed by atoms with Crippen LogP contribution in [0.4, 0.5) is 0 Å². The van der Waals surface area contributed by atoms with Crippen molar-refractivity contribution in [2.24, 2.45) is 5.41 Å². The van der Waals surface area contributed by atoms with Gasteiger partial charge in [0.1, 0.15) is 11.4 Å². The molecule has 8 nitrogen and oxygen atoms in total. The van der Waals surface area contributed by atoms with E-state index >= 15 is 0 Å². The van der Waals surface area contributed by atoms with Crippen molar-refractivity contribution >= 4 is 27.7 Å². The minimum absolute atomic E-state index is 0.117. The predicted molar refractivity (Wildman–Crippen MR) is 78.5 cm³/mol. The normalized spacial score (nSPS) is 27.9. The van der Waals surface area contributed by atoms with Crippen LogP contribution in [0.15, 0.2) is 0 Å². The first-order valence-corrected chi connectivity index (χ1v) is 8.75. The van der Waals surface area contributed by atoms with E-state index in [0.717, 1.165) is 4.90 Å². The Morgan fingerprint density at radius 1 is 1.26 bits per heavy atom. The molecule has 0 saturated carbocycles. The molecule has 2 aliphatic rings. The fourth-order valence-corrected chi connectivity index (χ4v) is 4.77. The minimum Gasteiger partial charge on any atom is -0.427 e. The molecule has 2 atom stereocenters. The van der Waals surface area contributed by atoms with E-state index in [9.17, 15) is 22.8 Å². The summed E-state index contributed by atoms with van der Waals surface area (Å²) in [6.07, 6.45) is -0.117. The van der Waals surface area contributed by atoms with Gasteiger partial charge in [0.05, 0.1) is 16.6 Å². The number of fused-ring (bicyclic) bond motifs is 1. The fraction of sp³-hybridized carbons (Fsp3) is 0.786. The molecule has 0 aromatic carbocycles. The number of ether oxygens (including phenoxy) is 2. The van der Waals surface area contributed by atoms with Gasteiger partial charge in [0.2, 0.25) is 12.7 Å². The topological polar surface area (TPSA) is 107 Å². The van der Waals surface area contributed by atoms with Crippen molar-refractivity contribution in [1.29, 1.82) is 0 Å². The van der Waals surface area contributed by atoms with Crippen molar-refractivity contribution in [3.8, 4) is 0 Å². The summed E-state index contributed by atoms with van der Waals surface area (Å²) in [5.41, 5.74) is -0.749. The summed E-state index contributed by atoms with van der Waals surface area (Å²) >= 11 is 0. The second kappa shape index (κ2) is 5.19. The number of β-lactam (4-membered cyclic amide) rings is 1. The molecular formula is C14H21NO7S. The fourth-order valence-electron chi connectivity index (χ4n) is 2.65. The number of carbonyl (C=O) groups excluding carboxylic acids is 3. The molecule has 0 spiro atoms. The predicted octanol–water partition coefficient (Wildman–Crippen LogP) is 0.210. The molecule has 1 amide bonds. The lowest BCUT2D eigenvalue weighted by Crippen LogP contribution is -2.57. The van der Waals surface area contributed by atoms with Gasteiger partial charge in [-0.05, 0) is 34.6 Å². The molecular weight excluding hydrogens is 326 g/mol. The van der Waals surface area contributed by atoms with Crippen molar-refractivity contribution < 1.29 is 32.3 Å². The number of hydrogen-bond acceptors (Lipinski definition) is 7. The number of esters is 2. The molecule has 2 heterocycles. The largest absolute Gasteiger partial charge is 0.427 e. The van der Waals surface area contributed by atoms with Crippen molar-refractivity contribution in [3.05, 3.63) is 0 Å². The van der Waals surface area contributed by atoms with Gasteiger partial charge in [-0.2, -0.15) is 0 Å². The first kappa shape index (κ1) is 17.7. The maximum absolute atomic E-state index is 12.4. The highest BCUT2D eigenvalue weighted by Gasteiger charge is 2.68. The van der Waals surface area contributed by atoms with Crippen LogP contribution in [0, 0.1) is 5.41 Å². The molecule has 0 radical (unpaired) electrons. The van der Waals surface area contributed by atoms with E-state index < -0.39 is 56.1 Å². The summed E-state index contributed by atoms with van der Waals surface area (Å²) in [5, 5.41) is -0.973. The number of rotatable bonds is 3. The Hall–Kier alpha value is -1.64. The quantitative estimate of drug-likeness (QED) is 0.408. The average molecular weight is 347 g/mol. The van der Waals surface area contributed by atoms with Crippen LogP contribution in [0.5, 0.6) is 0 Å². The average Bonchev–Trinajstić information content (AvgIpc) is 2.51. The first-order chi connectivity index (χ1) is 10.3. The van der Waals surface area contributed by atoms with Crippen LogP contribution in [0.25, 0.3) is 0 Å². The summed E-state index contributed by atoms with van der Waals surface area (Å²) in [4.78, 5) is 36.6. The van der Waals surface area contributed by atoms with Crippen molar-refractivity contribution in [1.82, 2.24) is 4.90 Å². The molecule has 2 rings (SSSR count). The van der Waals surface area contributed by atoms with Crippen molar-refractivity contribution in [2.45, 2.75) is 57.2 Å². The Bertz CT molecular complexity index is 659. The van der Waals surface area contributed by atoms with Gasteiger partial charge in [-0.1, -0.05) is 0 Å². The lowest BCUT2D eigenvalue weighted by Gasteiger charge is -2.36. The van der Waals surface area contributed by atoms with E-state index in [1.165, 1.54) is 13.8 Å². The standard InChI is InChI=1S/C14H21NO7S/c1-13(2,3)12(18)22-7-21-11(17)10-14(4,5)23(19,20)9-6-8(16)15(9)10/h9-10H,6-7H2,1-5H3/t9-,10-/m1/s1. The van der Waals surface area contributed by atoms with E-state index in [4.69, 9.17) is 9.47 Å². The summed E-state index contributed by atoms with van der Waals surface area (Å²) in [5.74, 6) is -1.85. The zero-order valence-corrected chi connectivity index (χ0v) is 14.6. The Balaban J connectivity index is 2.07. The highest BCUT2D eigenvalue weighted by molar-refractivity contribution is 7.93. The van der Waals surface area contributed by atoms with Crippen molar-refractivity contribution in [3.63, 3.8) is 0 Å². The summed E-state index contributed by atoms with van der Waals surface area (Å²) in [7, 11) is -3.66. The van der Waals surface area contributed by atoms with Gasteiger partial charge < -0.3 is 14.4 Å². The smallest absolute Gasteiger partial charge is 0.333 e. The van der Waals surface area contributed by atoms with Crippen LogP contribution in [-0.4, -0.2) is 54.1 Å². The number of amides is 1. The van der Waals surface area contributed by atoms with Crippen LogP contribution >= 0.6 is 0 Å². The van der Waals surface area contributed by atoms with Crippen molar-refractivity contribution in [2.75, 3.05) is 6.79 Å². The summed E-state index contributed by atoms with van der Waals surface area (Å²) in [6.45, 7) is 7.10. The van der Waals surface area contributed by atoms with E-state index in [1.807, 2.05) is 0 Å². The molecule has 0 aromatic rings. The monoisotopic (exact) mass is 347 g/mol. The van der Waals surface area contributed by atoms with Crippen LogP contribution in [-0.2, 0) is 33.7 Å². The lowest BCUT2D eigenvalue weighted by molar-refractivity contribution is -0.179. The molecule has 23 heavy (non-hydrogen) atoms. The number of hydrogen-bond donors (Lipinski definition) is 0. The van der Waals surface area contributed by atoms with E-state index in [2.05, 4.69) is 0 Å². The van der Waals surface area contributed by atoms with Gasteiger partial charge in [0.15, 0.2) is 9.84 Å². The first-order valence-electron chi connectivity index (χ1n) is 7.20. The van der Waals surface area contributed by atoms with E-state index in [0.29, 0.717) is 0 Å². The molecule has 2 fully saturated rings. The van der Waals surface area contributed by atoms with Gasteiger partial charge >= 0.3 is 11.9 Å². The number of sulfone groups is 1. The summed E-state index contributed by atoms with van der Waals surface area (Å²) < 4.78 is 33.0. The second-order valence-corrected chi connectivity index (χ2v) is 9.96. The number of carbonyl (C=O) groups is 3. The Kier molecular flexibility index (Phi) is 3.99. The maximum atomic E-state index is 12.4. The molecule has 0 unspecified atom stereocenters. The Labute approximate surface area is 135 Å². The van der Waals surface area contributed by atoms with Crippen LogP contribution in [0.3, 0.4) is 0 Å². The molecule has 0 aromatic heterocycles. The minimum atomic E-state index is -3.66. The molecule has 2 saturated heterocycles. The van der Waals surface area contributed by atoms with Gasteiger partial charge in [-0.25, -0.2) is 13.2 Å². The third kappa shape index (κ3) is 2.60. The third-order valence-corrected chi connectivity index (χ3v) is 7.00. The molecule has 9 heteroatoms. The number of nitrogens with zero attached hydrogens (tertiary/aromatic N) is 1. The maximum Gasteiger partial charge on any atom is 0.333 e. The zero-order valence-electron chi connectivity index (χ0n) is 13.8. The molecule has 0 aliphatic carbocycles. The van der Waals surface area contributed by atoms with Gasteiger partial charge in [0.25, 0.3) is 0 Å². The second-order valence-electron chi connectivity index (χ2n) is 7.27. The Morgan fingerprint density at radius 2 is 1.83 bits per heavy atom. The molecule has 130 valence electrons. The Morgan fingerprint density at radius 3 is 2.30 bits per heavy atom. The highest BCUT2D eigenvalue weighted by Crippen LogP contribution is 2.45. The third-order valence-electron chi connectivity index (χ3n) is 4.20. The summed E-state index contributed by atoms with van der Waals surface area (Å²) in [6, 6.07) is -1.23. The van der Waals surface area contributed by atoms with Crippen LogP contribution < -0.4 is 0 Å². The SMILES string of the molecule is CC(C)(C)C(=O)OCOC(=O)[C@H]1N2C(=O)C[C@H]2S(=O)(=O)C1(C)C. The molecule has 2 aliphatic heterocycles. The zero-order chi connectivity index (χ0) is 17.8. The molecule has 0 bridgehead atoms. The van der Waals surface area contributed by atoms with Gasteiger partial charge in [0, 0.05) is 0 Å². The van der Waals surface area contributed by atoms with Crippen LogP contribution in [0.1, 0.15) is 41.0 Å². The van der Waals surface area contributed by atoms with E-state index in [1.54, 1.807) is 20.8 Å². The highest BCUT2D eigenvalue weighted by atomic mass is 32.2. The van der Waals surface area contributed by atoms with E-state index in [-0.39, 0.29) is 6.42 Å².